The van der Waals surface area contributed by atoms with E-state index in [9.17, 15) is 4.79 Å². The minimum Gasteiger partial charge on any atom is -0.360 e. The van der Waals surface area contributed by atoms with E-state index in [1.807, 2.05) is 74.5 Å². The Bertz CT molecular complexity index is 1140. The molecule has 6 heteroatoms. The normalized spacial score (nSPS) is 10.8. The van der Waals surface area contributed by atoms with Gasteiger partial charge in [0.25, 0.3) is 5.91 Å². The number of hydrogen-bond acceptors (Lipinski definition) is 4. The summed E-state index contributed by atoms with van der Waals surface area (Å²) in [5.74, 6) is 0.777. The highest BCUT2D eigenvalue weighted by Crippen LogP contribution is 2.27. The second-order valence-electron chi connectivity index (χ2n) is 6.65. The van der Waals surface area contributed by atoms with Crippen molar-refractivity contribution in [2.24, 2.45) is 0 Å². The van der Waals surface area contributed by atoms with Crippen molar-refractivity contribution in [3.05, 3.63) is 83.2 Å². The lowest BCUT2D eigenvalue weighted by molar-refractivity contribution is 0.102. The van der Waals surface area contributed by atoms with Crippen molar-refractivity contribution in [1.29, 1.82) is 0 Å². The van der Waals surface area contributed by atoms with E-state index >= 15 is 0 Å². The summed E-state index contributed by atoms with van der Waals surface area (Å²) in [6.45, 7) is 5.64. The first kappa shape index (κ1) is 17.7. The first-order valence-electron chi connectivity index (χ1n) is 9.00. The number of amides is 1. The van der Waals surface area contributed by atoms with Gasteiger partial charge in [-0.25, -0.2) is 4.68 Å². The summed E-state index contributed by atoms with van der Waals surface area (Å²) in [6, 6.07) is 19.3. The molecule has 0 saturated heterocycles. The Morgan fingerprint density at radius 1 is 1.00 bits per heavy atom. The zero-order chi connectivity index (χ0) is 19.7. The van der Waals surface area contributed by atoms with Gasteiger partial charge in [-0.3, -0.25) is 4.79 Å². The largest absolute Gasteiger partial charge is 0.360 e. The van der Waals surface area contributed by atoms with Crippen molar-refractivity contribution in [1.82, 2.24) is 14.9 Å². The molecule has 0 bridgehead atoms. The lowest BCUT2D eigenvalue weighted by atomic mass is 10.1. The Balaban J connectivity index is 1.72. The van der Waals surface area contributed by atoms with Crippen LogP contribution in [0, 0.1) is 20.8 Å². The van der Waals surface area contributed by atoms with Crippen LogP contribution >= 0.6 is 0 Å². The van der Waals surface area contributed by atoms with Crippen LogP contribution in [0.2, 0.25) is 0 Å². The number of carbonyl (C=O) groups excluding carboxylic acids is 1. The van der Waals surface area contributed by atoms with Crippen LogP contribution in [0.5, 0.6) is 0 Å². The predicted molar refractivity (Wildman–Crippen MR) is 108 cm³/mol. The number of carbonyl (C=O) groups is 1. The molecule has 6 nitrogen and oxygen atoms in total. The average molecular weight is 372 g/mol. The van der Waals surface area contributed by atoms with E-state index in [2.05, 4.69) is 15.6 Å². The number of nitrogens with zero attached hydrogens (tertiary/aromatic N) is 3. The molecule has 2 aromatic heterocycles. The fourth-order valence-corrected chi connectivity index (χ4v) is 3.18. The summed E-state index contributed by atoms with van der Waals surface area (Å²) in [4.78, 5) is 13.1. The third-order valence-electron chi connectivity index (χ3n) is 4.55. The number of para-hydroxylation sites is 1. The second kappa shape index (κ2) is 7.15. The van der Waals surface area contributed by atoms with Crippen LogP contribution in [0.4, 0.5) is 5.82 Å². The molecule has 4 rings (SSSR count). The van der Waals surface area contributed by atoms with Gasteiger partial charge in [0.1, 0.15) is 22.8 Å². The van der Waals surface area contributed by atoms with Gasteiger partial charge in [-0.15, -0.1) is 0 Å². The van der Waals surface area contributed by atoms with Crippen LogP contribution in [0.3, 0.4) is 0 Å². The molecular formula is C22H20N4O2. The van der Waals surface area contributed by atoms with Gasteiger partial charge in [-0.1, -0.05) is 53.7 Å². The number of hydrogen-bond donors (Lipinski definition) is 1. The summed E-state index contributed by atoms with van der Waals surface area (Å²) in [7, 11) is 0. The van der Waals surface area contributed by atoms with Crippen molar-refractivity contribution >= 4 is 11.7 Å². The smallest absolute Gasteiger partial charge is 0.262 e. The van der Waals surface area contributed by atoms with E-state index in [1.54, 1.807) is 11.6 Å². The Labute approximate surface area is 162 Å². The number of rotatable bonds is 4. The highest BCUT2D eigenvalue weighted by molar-refractivity contribution is 6.08. The second-order valence-corrected chi connectivity index (χ2v) is 6.65. The lowest BCUT2D eigenvalue weighted by Crippen LogP contribution is -2.16. The fraction of sp³-hybridized carbons (Fsp3) is 0.136. The standard InChI is InChI=1S/C22H20N4O2/c1-14-9-7-8-12-18(14)26-19(13-15(2)24-26)23-22(27)20-16(3)28-25-21(20)17-10-5-4-6-11-17/h4-13H,1-3H3,(H,23,27). The molecule has 0 fully saturated rings. The Hall–Kier alpha value is -3.67. The molecule has 2 heterocycles. The Morgan fingerprint density at radius 2 is 1.71 bits per heavy atom. The third-order valence-corrected chi connectivity index (χ3v) is 4.55. The minimum absolute atomic E-state index is 0.285. The molecule has 0 aliphatic carbocycles. The summed E-state index contributed by atoms with van der Waals surface area (Å²) in [5, 5.41) is 11.6. The topological polar surface area (TPSA) is 73.0 Å². The molecule has 0 unspecified atom stereocenters. The van der Waals surface area contributed by atoms with Crippen molar-refractivity contribution in [3.8, 4) is 16.9 Å². The SMILES string of the molecule is Cc1cc(NC(=O)c2c(-c3ccccc3)noc2C)n(-c2ccccc2C)n1. The van der Waals surface area contributed by atoms with Gasteiger partial charge in [-0.2, -0.15) is 5.10 Å². The number of aromatic nitrogens is 3. The van der Waals surface area contributed by atoms with E-state index in [1.165, 1.54) is 0 Å². The van der Waals surface area contributed by atoms with Gasteiger partial charge >= 0.3 is 0 Å². The van der Waals surface area contributed by atoms with Crippen LogP contribution in [0.15, 0.2) is 65.2 Å². The van der Waals surface area contributed by atoms with Gasteiger partial charge in [0.05, 0.1) is 11.4 Å². The lowest BCUT2D eigenvalue weighted by Gasteiger charge is -2.11. The van der Waals surface area contributed by atoms with E-state index < -0.39 is 0 Å². The molecule has 0 aliphatic heterocycles. The zero-order valence-corrected chi connectivity index (χ0v) is 15.9. The van der Waals surface area contributed by atoms with E-state index in [0.29, 0.717) is 22.8 Å². The molecule has 0 saturated carbocycles. The Kier molecular flexibility index (Phi) is 4.53. The zero-order valence-electron chi connectivity index (χ0n) is 15.9. The monoisotopic (exact) mass is 372 g/mol. The number of benzene rings is 2. The van der Waals surface area contributed by atoms with Crippen molar-refractivity contribution in [2.45, 2.75) is 20.8 Å². The van der Waals surface area contributed by atoms with Crippen LogP contribution in [-0.4, -0.2) is 20.8 Å². The van der Waals surface area contributed by atoms with E-state index in [0.717, 1.165) is 22.5 Å². The van der Waals surface area contributed by atoms with Crippen molar-refractivity contribution in [2.75, 3.05) is 5.32 Å². The maximum Gasteiger partial charge on any atom is 0.262 e. The highest BCUT2D eigenvalue weighted by atomic mass is 16.5. The van der Waals surface area contributed by atoms with E-state index in [4.69, 9.17) is 4.52 Å². The number of nitrogens with one attached hydrogen (secondary N) is 1. The average Bonchev–Trinajstić information content (AvgIpc) is 3.25. The van der Waals surface area contributed by atoms with Crippen LogP contribution in [0.25, 0.3) is 16.9 Å². The first-order chi connectivity index (χ1) is 13.5. The molecule has 28 heavy (non-hydrogen) atoms. The fourth-order valence-electron chi connectivity index (χ4n) is 3.18. The van der Waals surface area contributed by atoms with Crippen LogP contribution in [0.1, 0.15) is 27.4 Å². The summed E-state index contributed by atoms with van der Waals surface area (Å²) >= 11 is 0. The van der Waals surface area contributed by atoms with Gasteiger partial charge in [-0.05, 0) is 32.4 Å². The van der Waals surface area contributed by atoms with Crippen molar-refractivity contribution < 1.29 is 9.32 Å². The molecule has 2 aromatic carbocycles. The maximum absolute atomic E-state index is 13.1. The third kappa shape index (κ3) is 3.20. The van der Waals surface area contributed by atoms with Crippen molar-refractivity contribution in [3.63, 3.8) is 0 Å². The first-order valence-corrected chi connectivity index (χ1v) is 9.00. The van der Waals surface area contributed by atoms with Gasteiger partial charge < -0.3 is 9.84 Å². The van der Waals surface area contributed by atoms with Gasteiger partial charge in [0, 0.05) is 11.6 Å². The quantitative estimate of drug-likeness (QED) is 0.563. The predicted octanol–water partition coefficient (Wildman–Crippen LogP) is 4.70. The minimum atomic E-state index is -0.285. The summed E-state index contributed by atoms with van der Waals surface area (Å²) in [5.41, 5.74) is 4.55. The summed E-state index contributed by atoms with van der Waals surface area (Å²) in [6.07, 6.45) is 0. The maximum atomic E-state index is 13.1. The van der Waals surface area contributed by atoms with E-state index in [-0.39, 0.29) is 5.91 Å². The number of anilines is 1. The van der Waals surface area contributed by atoms with Gasteiger partial charge in [0.15, 0.2) is 0 Å². The molecule has 1 amide bonds. The highest BCUT2D eigenvalue weighted by Gasteiger charge is 2.23. The molecule has 0 spiro atoms. The molecule has 0 radical (unpaired) electrons. The molecule has 140 valence electrons. The molecule has 0 atom stereocenters. The molecule has 0 aliphatic rings. The number of aryl methyl sites for hydroxylation is 3. The molecular weight excluding hydrogens is 352 g/mol. The van der Waals surface area contributed by atoms with Gasteiger partial charge in [0.2, 0.25) is 0 Å². The molecule has 1 N–H and O–H groups in total. The summed E-state index contributed by atoms with van der Waals surface area (Å²) < 4.78 is 7.06. The van der Waals surface area contributed by atoms with Crippen LogP contribution in [-0.2, 0) is 0 Å². The van der Waals surface area contributed by atoms with Crippen LogP contribution < -0.4 is 5.32 Å². The molecule has 4 aromatic rings. The Morgan fingerprint density at radius 3 is 2.46 bits per heavy atom.